The van der Waals surface area contributed by atoms with Crippen molar-refractivity contribution in [3.63, 3.8) is 0 Å². The lowest BCUT2D eigenvalue weighted by molar-refractivity contribution is 0.644. The average Bonchev–Trinajstić information content (AvgIpc) is 2.18. The summed E-state index contributed by atoms with van der Waals surface area (Å²) in [5, 5.41) is 3.38. The minimum atomic E-state index is 1.01. The first-order chi connectivity index (χ1) is 6.40. The van der Waals surface area contributed by atoms with E-state index in [0.29, 0.717) is 0 Å². The first-order valence-corrected chi connectivity index (χ1v) is 5.74. The Morgan fingerprint density at radius 1 is 1.38 bits per heavy atom. The van der Waals surface area contributed by atoms with Crippen LogP contribution in [0.15, 0.2) is 18.2 Å². The van der Waals surface area contributed by atoms with Gasteiger partial charge in [0.25, 0.3) is 0 Å². The predicted molar refractivity (Wildman–Crippen MR) is 59.0 cm³/mol. The van der Waals surface area contributed by atoms with Crippen LogP contribution >= 0.6 is 11.9 Å². The van der Waals surface area contributed by atoms with E-state index < -0.39 is 0 Å². The molecule has 2 nitrogen and oxygen atoms in total. The van der Waals surface area contributed by atoms with Gasteiger partial charge in [-0.1, -0.05) is 18.0 Å². The highest BCUT2D eigenvalue weighted by atomic mass is 32.2. The highest BCUT2D eigenvalue weighted by Crippen LogP contribution is 2.20. The van der Waals surface area contributed by atoms with Gasteiger partial charge in [0, 0.05) is 18.5 Å². The van der Waals surface area contributed by atoms with Crippen LogP contribution in [-0.4, -0.2) is 12.8 Å². The molecule has 1 aliphatic heterocycles. The summed E-state index contributed by atoms with van der Waals surface area (Å²) in [5.74, 6) is 0. The number of anilines is 1. The molecule has 0 atom stereocenters. The molecule has 13 heavy (non-hydrogen) atoms. The number of benzene rings is 1. The van der Waals surface area contributed by atoms with E-state index in [1.807, 2.05) is 6.26 Å². The molecule has 0 amide bonds. The zero-order valence-electron chi connectivity index (χ0n) is 7.76. The second-order valence-electron chi connectivity index (χ2n) is 3.22. The number of hydrogen-bond donors (Lipinski definition) is 2. The largest absolute Gasteiger partial charge is 0.330 e. The fourth-order valence-electron chi connectivity index (χ4n) is 1.66. The first-order valence-electron chi connectivity index (χ1n) is 4.51. The maximum atomic E-state index is 3.38. The van der Waals surface area contributed by atoms with Crippen molar-refractivity contribution in [3.05, 3.63) is 29.3 Å². The minimum Gasteiger partial charge on any atom is -0.330 e. The van der Waals surface area contributed by atoms with Crippen molar-refractivity contribution >= 4 is 17.6 Å². The van der Waals surface area contributed by atoms with Gasteiger partial charge < -0.3 is 10.0 Å². The molecule has 0 aliphatic carbocycles. The Balaban J connectivity index is 2.24. The molecular formula is C10H14N2S. The van der Waals surface area contributed by atoms with Crippen LogP contribution in [-0.2, 0) is 13.0 Å². The lowest BCUT2D eigenvalue weighted by atomic mass is 10.0. The molecule has 1 heterocycles. The van der Waals surface area contributed by atoms with Crippen molar-refractivity contribution in [2.24, 2.45) is 0 Å². The third-order valence-corrected chi connectivity index (χ3v) is 2.75. The quantitative estimate of drug-likeness (QED) is 0.704. The first kappa shape index (κ1) is 8.91. The van der Waals surface area contributed by atoms with Gasteiger partial charge >= 0.3 is 0 Å². The maximum Gasteiger partial charge on any atom is 0.0443 e. The molecule has 1 aromatic rings. The molecule has 0 saturated heterocycles. The molecule has 0 bridgehead atoms. The lowest BCUT2D eigenvalue weighted by Crippen LogP contribution is -2.23. The van der Waals surface area contributed by atoms with Crippen LogP contribution < -0.4 is 10.0 Å². The highest BCUT2D eigenvalue weighted by Gasteiger charge is 2.07. The van der Waals surface area contributed by atoms with Gasteiger partial charge in [-0.2, -0.15) is 0 Å². The summed E-state index contributed by atoms with van der Waals surface area (Å²) < 4.78 is 3.25. The monoisotopic (exact) mass is 194 g/mol. The summed E-state index contributed by atoms with van der Waals surface area (Å²) in [6.07, 6.45) is 3.20. The van der Waals surface area contributed by atoms with E-state index in [2.05, 4.69) is 28.2 Å². The van der Waals surface area contributed by atoms with E-state index in [4.69, 9.17) is 0 Å². The standard InChI is InChI=1S/C10H14N2S/c1-13-12-10-3-2-8-4-5-11-7-9(8)6-10/h2-3,6,11-12H,4-5,7H2,1H3. The third kappa shape index (κ3) is 1.98. The molecule has 0 unspecified atom stereocenters. The van der Waals surface area contributed by atoms with Gasteiger partial charge in [0.15, 0.2) is 0 Å². The van der Waals surface area contributed by atoms with Crippen molar-refractivity contribution in [1.29, 1.82) is 0 Å². The zero-order chi connectivity index (χ0) is 9.10. The number of rotatable bonds is 2. The summed E-state index contributed by atoms with van der Waals surface area (Å²) >= 11 is 1.63. The van der Waals surface area contributed by atoms with E-state index in [-0.39, 0.29) is 0 Å². The Morgan fingerprint density at radius 2 is 2.31 bits per heavy atom. The lowest BCUT2D eigenvalue weighted by Gasteiger charge is -2.17. The minimum absolute atomic E-state index is 1.01. The van der Waals surface area contributed by atoms with Gasteiger partial charge in [0.05, 0.1) is 0 Å². The normalized spacial score (nSPS) is 15.2. The van der Waals surface area contributed by atoms with Crippen molar-refractivity contribution in [1.82, 2.24) is 5.32 Å². The van der Waals surface area contributed by atoms with Crippen molar-refractivity contribution < 1.29 is 0 Å². The smallest absolute Gasteiger partial charge is 0.0443 e. The number of fused-ring (bicyclic) bond motifs is 1. The summed E-state index contributed by atoms with van der Waals surface area (Å²) in [7, 11) is 0. The van der Waals surface area contributed by atoms with Crippen LogP contribution in [0.5, 0.6) is 0 Å². The zero-order valence-corrected chi connectivity index (χ0v) is 8.58. The molecule has 2 N–H and O–H groups in total. The SMILES string of the molecule is CSNc1ccc2c(c1)CNCC2. The molecule has 70 valence electrons. The molecule has 0 aromatic heterocycles. The van der Waals surface area contributed by atoms with Crippen molar-refractivity contribution in [2.75, 3.05) is 17.5 Å². The second-order valence-corrected chi connectivity index (χ2v) is 3.83. The number of nitrogens with one attached hydrogen (secondary N) is 2. The molecule has 1 aromatic carbocycles. The van der Waals surface area contributed by atoms with Crippen LogP contribution in [0.2, 0.25) is 0 Å². The molecule has 0 fully saturated rings. The third-order valence-electron chi connectivity index (χ3n) is 2.31. The Kier molecular flexibility index (Phi) is 2.76. The Morgan fingerprint density at radius 3 is 3.15 bits per heavy atom. The van der Waals surface area contributed by atoms with Crippen molar-refractivity contribution in [2.45, 2.75) is 13.0 Å². The van der Waals surface area contributed by atoms with Crippen LogP contribution in [0.3, 0.4) is 0 Å². The van der Waals surface area contributed by atoms with Gasteiger partial charge in [0.1, 0.15) is 0 Å². The summed E-state index contributed by atoms with van der Waals surface area (Å²) in [6.45, 7) is 2.13. The molecule has 1 aliphatic rings. The Hall–Kier alpha value is -0.670. The summed E-state index contributed by atoms with van der Waals surface area (Å²) in [4.78, 5) is 0. The number of hydrogen-bond acceptors (Lipinski definition) is 3. The Labute approximate surface area is 83.2 Å². The van der Waals surface area contributed by atoms with Crippen molar-refractivity contribution in [3.8, 4) is 0 Å². The maximum absolute atomic E-state index is 3.38. The molecule has 0 saturated carbocycles. The topological polar surface area (TPSA) is 24.1 Å². The van der Waals surface area contributed by atoms with Crippen LogP contribution in [0.4, 0.5) is 5.69 Å². The highest BCUT2D eigenvalue weighted by molar-refractivity contribution is 7.99. The summed E-state index contributed by atoms with van der Waals surface area (Å²) in [6, 6.07) is 6.62. The van der Waals surface area contributed by atoms with E-state index >= 15 is 0 Å². The van der Waals surface area contributed by atoms with Gasteiger partial charge in [0.2, 0.25) is 0 Å². The van der Waals surface area contributed by atoms with Gasteiger partial charge in [-0.05, 0) is 36.2 Å². The average molecular weight is 194 g/mol. The Bertz CT molecular complexity index is 299. The molecule has 0 spiro atoms. The molecule has 3 heteroatoms. The van der Waals surface area contributed by atoms with Gasteiger partial charge in [-0.25, -0.2) is 0 Å². The molecule has 0 radical (unpaired) electrons. The van der Waals surface area contributed by atoms with Crippen LogP contribution in [0, 0.1) is 0 Å². The fourth-order valence-corrected chi connectivity index (χ4v) is 2.02. The van der Waals surface area contributed by atoms with E-state index in [1.165, 1.54) is 16.8 Å². The second kappa shape index (κ2) is 4.03. The van der Waals surface area contributed by atoms with E-state index in [1.54, 1.807) is 11.9 Å². The molecule has 2 rings (SSSR count). The summed E-state index contributed by atoms with van der Waals surface area (Å²) in [5.41, 5.74) is 4.13. The predicted octanol–water partition coefficient (Wildman–Crippen LogP) is 2.02. The molecular weight excluding hydrogens is 180 g/mol. The van der Waals surface area contributed by atoms with E-state index in [9.17, 15) is 0 Å². The van der Waals surface area contributed by atoms with Crippen LogP contribution in [0.25, 0.3) is 0 Å². The van der Waals surface area contributed by atoms with Gasteiger partial charge in [-0.3, -0.25) is 0 Å². The van der Waals surface area contributed by atoms with Gasteiger partial charge in [-0.15, -0.1) is 0 Å². The fraction of sp³-hybridized carbons (Fsp3) is 0.400. The van der Waals surface area contributed by atoms with E-state index in [0.717, 1.165) is 19.5 Å². The van der Waals surface area contributed by atoms with Crippen LogP contribution in [0.1, 0.15) is 11.1 Å².